The monoisotopic (exact) mass is 573 g/mol. The van der Waals surface area contributed by atoms with E-state index in [0.717, 1.165) is 12.0 Å². The van der Waals surface area contributed by atoms with Gasteiger partial charge in [-0.3, -0.25) is 14.2 Å². The third-order valence-electron chi connectivity index (χ3n) is 7.45. The molecule has 1 aliphatic rings. The molecule has 5 rings (SSSR count). The topological polar surface area (TPSA) is 119 Å². The summed E-state index contributed by atoms with van der Waals surface area (Å²) in [5, 5.41) is 11.6. The maximum atomic E-state index is 14.0. The first-order valence-corrected chi connectivity index (χ1v) is 14.7. The Balaban J connectivity index is 1.71. The number of aldehydes is 1. The molecule has 1 N–H and O–H groups in total. The summed E-state index contributed by atoms with van der Waals surface area (Å²) in [6.07, 6.45) is 7.43. The van der Waals surface area contributed by atoms with Crippen LogP contribution in [-0.4, -0.2) is 34.3 Å². The van der Waals surface area contributed by atoms with Crippen LogP contribution in [0.15, 0.2) is 87.5 Å². The van der Waals surface area contributed by atoms with Gasteiger partial charge in [0.2, 0.25) is 21.7 Å². The average Bonchev–Trinajstić information content (AvgIpc) is 2.97. The number of unbranched alkanes of at least 4 members (excludes halogenated alkanes) is 1. The number of allylic oxidation sites excluding steroid dienone is 2. The minimum absolute atomic E-state index is 0.104. The number of aryl methyl sites for hydroxylation is 1. The van der Waals surface area contributed by atoms with Crippen molar-refractivity contribution in [2.24, 2.45) is 0 Å². The summed E-state index contributed by atoms with van der Waals surface area (Å²) < 4.78 is 42.9. The fourth-order valence-corrected chi connectivity index (χ4v) is 6.65. The molecule has 2 aromatic heterocycles. The van der Waals surface area contributed by atoms with Crippen molar-refractivity contribution in [2.75, 3.05) is 0 Å². The normalized spacial score (nSPS) is 16.4. The number of pyridine rings is 1. The van der Waals surface area contributed by atoms with Gasteiger partial charge in [-0.15, -0.1) is 0 Å². The number of nitrogens with zero attached hydrogens (tertiary/aromatic N) is 3. The second-order valence-corrected chi connectivity index (χ2v) is 11.8. The van der Waals surface area contributed by atoms with Crippen LogP contribution < -0.4 is 5.56 Å². The number of halogens is 1. The molecule has 4 aromatic rings. The predicted molar refractivity (Wildman–Crippen MR) is 151 cm³/mol. The van der Waals surface area contributed by atoms with E-state index in [1.165, 1.54) is 35.0 Å². The summed E-state index contributed by atoms with van der Waals surface area (Å²) in [5.74, 6) is -1.39. The summed E-state index contributed by atoms with van der Waals surface area (Å²) in [6, 6.07) is 14.3. The van der Waals surface area contributed by atoms with Crippen LogP contribution in [0.5, 0.6) is 5.88 Å². The van der Waals surface area contributed by atoms with Crippen LogP contribution in [0.3, 0.4) is 0 Å². The molecule has 0 amide bonds. The minimum Gasteiger partial charge on any atom is -0.493 e. The molecule has 2 aromatic carbocycles. The standard InChI is InChI=1S/C31H28FN3O5S/c1-3-4-11-26-34-29(37)27(30(38)35(26)31(19-36)17-7-9-22-8-5-6-10-25(22)31)41(39,40)23-14-12-21(13-15-23)24-16-18-33-28(32)20(24)2/h5-8,10,12-19,38H,3-4,9,11H2,1-2H3/t31-/m1/s1. The quantitative estimate of drug-likeness (QED) is 0.185. The number of aromatic nitrogens is 3. The average molecular weight is 574 g/mol. The van der Waals surface area contributed by atoms with Crippen LogP contribution in [0.25, 0.3) is 11.1 Å². The molecule has 0 aliphatic heterocycles. The third kappa shape index (κ3) is 4.67. The van der Waals surface area contributed by atoms with Crippen LogP contribution in [0, 0.1) is 12.9 Å². The Morgan fingerprint density at radius 1 is 1.12 bits per heavy atom. The molecule has 1 atom stereocenters. The Labute approximate surface area is 236 Å². The molecule has 2 heterocycles. The van der Waals surface area contributed by atoms with E-state index in [0.29, 0.717) is 41.4 Å². The first-order valence-electron chi connectivity index (χ1n) is 13.2. The second kappa shape index (κ2) is 10.9. The molecule has 0 fully saturated rings. The molecule has 10 heteroatoms. The smallest absolute Gasteiger partial charge is 0.296 e. The summed E-state index contributed by atoms with van der Waals surface area (Å²) in [6.45, 7) is 3.51. The van der Waals surface area contributed by atoms with E-state index in [-0.39, 0.29) is 17.1 Å². The number of fused-ring (bicyclic) bond motifs is 1. The van der Waals surface area contributed by atoms with Gasteiger partial charge in [0.05, 0.1) is 4.90 Å². The van der Waals surface area contributed by atoms with Gasteiger partial charge in [0, 0.05) is 18.2 Å². The number of benzene rings is 2. The number of carbonyl (C=O) groups excluding carboxylic acids is 1. The van der Waals surface area contributed by atoms with E-state index in [4.69, 9.17) is 0 Å². The fraction of sp³-hybridized carbons (Fsp3) is 0.226. The lowest BCUT2D eigenvalue weighted by atomic mass is 9.81. The van der Waals surface area contributed by atoms with E-state index < -0.39 is 37.7 Å². The highest BCUT2D eigenvalue weighted by Gasteiger charge is 2.41. The number of hydrogen-bond acceptors (Lipinski definition) is 7. The first kappa shape index (κ1) is 28.1. The van der Waals surface area contributed by atoms with Crippen molar-refractivity contribution in [1.29, 1.82) is 0 Å². The lowest BCUT2D eigenvalue weighted by molar-refractivity contribution is -0.112. The van der Waals surface area contributed by atoms with E-state index in [1.54, 1.807) is 37.3 Å². The van der Waals surface area contributed by atoms with Gasteiger partial charge < -0.3 is 5.11 Å². The van der Waals surface area contributed by atoms with Gasteiger partial charge in [0.15, 0.2) is 11.2 Å². The molecule has 8 nitrogen and oxygen atoms in total. The Bertz CT molecular complexity index is 1850. The lowest BCUT2D eigenvalue weighted by Crippen LogP contribution is -2.41. The molecule has 1 aliphatic carbocycles. The molecule has 210 valence electrons. The van der Waals surface area contributed by atoms with Crippen LogP contribution in [0.2, 0.25) is 0 Å². The molecule has 0 bridgehead atoms. The summed E-state index contributed by atoms with van der Waals surface area (Å²) in [4.78, 5) is 32.7. The number of rotatable bonds is 8. The Hall–Kier alpha value is -4.44. The number of carbonyl (C=O) groups is 1. The van der Waals surface area contributed by atoms with Crippen molar-refractivity contribution in [3.8, 4) is 17.0 Å². The van der Waals surface area contributed by atoms with E-state index in [9.17, 15) is 27.5 Å². The third-order valence-corrected chi connectivity index (χ3v) is 9.23. The van der Waals surface area contributed by atoms with Gasteiger partial charge in [0.25, 0.3) is 5.56 Å². The first-order chi connectivity index (χ1) is 19.7. The zero-order chi connectivity index (χ0) is 29.4. The number of aromatic hydroxyl groups is 1. The van der Waals surface area contributed by atoms with Gasteiger partial charge >= 0.3 is 0 Å². The van der Waals surface area contributed by atoms with Crippen molar-refractivity contribution in [3.05, 3.63) is 112 Å². The summed E-state index contributed by atoms with van der Waals surface area (Å²) in [7, 11) is -4.60. The number of sulfone groups is 1. The lowest BCUT2D eigenvalue weighted by Gasteiger charge is -2.35. The van der Waals surface area contributed by atoms with Crippen molar-refractivity contribution in [3.63, 3.8) is 0 Å². The Morgan fingerprint density at radius 3 is 2.56 bits per heavy atom. The molecule has 0 saturated heterocycles. The fourth-order valence-electron chi connectivity index (χ4n) is 5.31. The summed E-state index contributed by atoms with van der Waals surface area (Å²) in [5.41, 5.74) is 0.0315. The second-order valence-electron chi connectivity index (χ2n) is 9.93. The van der Waals surface area contributed by atoms with Crippen molar-refractivity contribution in [2.45, 2.75) is 54.9 Å². The SMILES string of the molecule is CCCCc1nc(=O)c(S(=O)(=O)c2ccc(-c3ccnc(F)c3C)cc2)c(O)n1[C@@]1(C=O)C=CCc2ccccc21. The molecule has 0 spiro atoms. The molecular weight excluding hydrogens is 545 g/mol. The Kier molecular flexibility index (Phi) is 7.44. The maximum Gasteiger partial charge on any atom is 0.296 e. The zero-order valence-electron chi connectivity index (χ0n) is 22.5. The molecule has 41 heavy (non-hydrogen) atoms. The Morgan fingerprint density at radius 2 is 1.85 bits per heavy atom. The van der Waals surface area contributed by atoms with Crippen LogP contribution in [0.1, 0.15) is 42.3 Å². The van der Waals surface area contributed by atoms with Crippen LogP contribution in [-0.2, 0) is 33.0 Å². The van der Waals surface area contributed by atoms with E-state index >= 15 is 0 Å². The van der Waals surface area contributed by atoms with Crippen LogP contribution >= 0.6 is 0 Å². The highest BCUT2D eigenvalue weighted by Crippen LogP contribution is 2.39. The minimum atomic E-state index is -4.60. The van der Waals surface area contributed by atoms with Gasteiger partial charge in [-0.1, -0.05) is 61.9 Å². The van der Waals surface area contributed by atoms with Gasteiger partial charge in [-0.2, -0.15) is 9.37 Å². The largest absolute Gasteiger partial charge is 0.493 e. The van der Waals surface area contributed by atoms with E-state index in [1.807, 2.05) is 19.1 Å². The van der Waals surface area contributed by atoms with Crippen molar-refractivity contribution >= 4 is 16.1 Å². The van der Waals surface area contributed by atoms with Gasteiger partial charge in [-0.05, 0) is 60.2 Å². The van der Waals surface area contributed by atoms with Crippen molar-refractivity contribution in [1.82, 2.24) is 14.5 Å². The van der Waals surface area contributed by atoms with Crippen LogP contribution in [0.4, 0.5) is 4.39 Å². The molecule has 0 unspecified atom stereocenters. The molecule has 0 saturated carbocycles. The summed E-state index contributed by atoms with van der Waals surface area (Å²) >= 11 is 0. The van der Waals surface area contributed by atoms with E-state index in [2.05, 4.69) is 9.97 Å². The number of hydrogen-bond donors (Lipinski definition) is 1. The molecular formula is C31H28FN3O5S. The van der Waals surface area contributed by atoms with Crippen molar-refractivity contribution < 1.29 is 22.7 Å². The van der Waals surface area contributed by atoms with Gasteiger partial charge in [-0.25, -0.2) is 13.4 Å². The zero-order valence-corrected chi connectivity index (χ0v) is 23.4. The predicted octanol–water partition coefficient (Wildman–Crippen LogP) is 4.69. The maximum absolute atomic E-state index is 14.0. The molecule has 0 radical (unpaired) electrons. The highest BCUT2D eigenvalue weighted by atomic mass is 32.2. The highest BCUT2D eigenvalue weighted by molar-refractivity contribution is 7.91. The van der Waals surface area contributed by atoms with Gasteiger partial charge in [0.1, 0.15) is 11.4 Å².